The van der Waals surface area contributed by atoms with Crippen LogP contribution in [0.5, 0.6) is 11.5 Å². The highest BCUT2D eigenvalue weighted by atomic mass is 19.4. The fourth-order valence-electron chi connectivity index (χ4n) is 0.763. The molecule has 0 aromatic carbocycles. The first-order valence-electron chi connectivity index (χ1n) is 3.41. The van der Waals surface area contributed by atoms with E-state index in [4.69, 9.17) is 5.11 Å². The summed E-state index contributed by atoms with van der Waals surface area (Å²) < 4.78 is 51.1. The van der Waals surface area contributed by atoms with Crippen LogP contribution < -0.4 is 4.74 Å². The Hall–Kier alpha value is -1.53. The van der Waals surface area contributed by atoms with Crippen LogP contribution in [0, 0.1) is 12.7 Å². The van der Waals surface area contributed by atoms with E-state index >= 15 is 0 Å². The lowest BCUT2D eigenvalue weighted by molar-refractivity contribution is -0.276. The monoisotopic (exact) mass is 211 g/mol. The molecule has 0 unspecified atom stereocenters. The summed E-state index contributed by atoms with van der Waals surface area (Å²) in [4.78, 5) is 3.30. The Kier molecular flexibility index (Phi) is 2.50. The molecule has 1 N–H and O–H groups in total. The topological polar surface area (TPSA) is 42.4 Å². The van der Waals surface area contributed by atoms with Crippen LogP contribution in [0.2, 0.25) is 0 Å². The predicted octanol–water partition coefficient (Wildman–Crippen LogP) is 2.13. The van der Waals surface area contributed by atoms with Crippen molar-refractivity contribution in [1.29, 1.82) is 0 Å². The van der Waals surface area contributed by atoms with Gasteiger partial charge < -0.3 is 9.84 Å². The van der Waals surface area contributed by atoms with E-state index in [1.165, 1.54) is 6.92 Å². The maximum Gasteiger partial charge on any atom is 0.573 e. The second kappa shape index (κ2) is 3.32. The van der Waals surface area contributed by atoms with Crippen molar-refractivity contribution in [3.05, 3.63) is 17.7 Å². The molecule has 0 amide bonds. The average molecular weight is 211 g/mol. The fraction of sp³-hybridized carbons (Fsp3) is 0.286. The smallest absolute Gasteiger partial charge is 0.503 e. The van der Waals surface area contributed by atoms with Crippen LogP contribution in [-0.4, -0.2) is 16.5 Å². The largest absolute Gasteiger partial charge is 0.573 e. The second-order valence-electron chi connectivity index (χ2n) is 2.42. The van der Waals surface area contributed by atoms with Crippen LogP contribution in [0.25, 0.3) is 0 Å². The molecule has 1 aromatic rings. The lowest BCUT2D eigenvalue weighted by Crippen LogP contribution is -2.18. The third-order valence-corrected chi connectivity index (χ3v) is 1.36. The number of hydrogen-bond acceptors (Lipinski definition) is 3. The van der Waals surface area contributed by atoms with Crippen molar-refractivity contribution in [2.24, 2.45) is 0 Å². The van der Waals surface area contributed by atoms with Gasteiger partial charge in [-0.15, -0.1) is 13.2 Å². The molecule has 0 fully saturated rings. The molecule has 1 rings (SSSR count). The number of halogens is 4. The number of hydrogen-bond donors (Lipinski definition) is 1. The van der Waals surface area contributed by atoms with Gasteiger partial charge in [0.25, 0.3) is 0 Å². The fourth-order valence-corrected chi connectivity index (χ4v) is 0.763. The lowest BCUT2D eigenvalue weighted by Gasteiger charge is -2.11. The van der Waals surface area contributed by atoms with Crippen molar-refractivity contribution in [2.45, 2.75) is 13.3 Å². The molecule has 1 aromatic heterocycles. The zero-order valence-corrected chi connectivity index (χ0v) is 6.89. The quantitative estimate of drug-likeness (QED) is 0.723. The van der Waals surface area contributed by atoms with Crippen molar-refractivity contribution < 1.29 is 27.4 Å². The molecule has 0 bridgehead atoms. The molecule has 0 aliphatic heterocycles. The van der Waals surface area contributed by atoms with E-state index in [1.807, 2.05) is 0 Å². The number of aromatic nitrogens is 1. The molecular formula is C7H5F4NO2. The Balaban J connectivity index is 3.13. The minimum atomic E-state index is -5.05. The van der Waals surface area contributed by atoms with Crippen molar-refractivity contribution >= 4 is 0 Å². The first-order chi connectivity index (χ1) is 6.31. The molecule has 0 radical (unpaired) electrons. The molecule has 3 nitrogen and oxygen atoms in total. The highest BCUT2D eigenvalue weighted by Crippen LogP contribution is 2.34. The van der Waals surface area contributed by atoms with E-state index in [9.17, 15) is 17.6 Å². The van der Waals surface area contributed by atoms with Crippen LogP contribution in [0.4, 0.5) is 17.6 Å². The van der Waals surface area contributed by atoms with E-state index in [0.29, 0.717) is 6.20 Å². The Morgan fingerprint density at radius 3 is 2.50 bits per heavy atom. The van der Waals surface area contributed by atoms with Gasteiger partial charge in [0.1, 0.15) is 0 Å². The molecule has 0 aliphatic rings. The molecular weight excluding hydrogens is 206 g/mol. The van der Waals surface area contributed by atoms with Gasteiger partial charge >= 0.3 is 6.36 Å². The Morgan fingerprint density at radius 1 is 1.43 bits per heavy atom. The van der Waals surface area contributed by atoms with Crippen molar-refractivity contribution in [3.63, 3.8) is 0 Å². The summed E-state index contributed by atoms with van der Waals surface area (Å²) in [6, 6.07) is 0. The molecule has 0 saturated heterocycles. The molecule has 7 heteroatoms. The molecule has 1 heterocycles. The Labute approximate surface area is 76.0 Å². The SMILES string of the molecule is Cc1ncc(F)c(OC(F)(F)F)c1O. The van der Waals surface area contributed by atoms with Crippen molar-refractivity contribution in [1.82, 2.24) is 4.98 Å². The second-order valence-corrected chi connectivity index (χ2v) is 2.42. The van der Waals surface area contributed by atoms with E-state index < -0.39 is 23.7 Å². The summed E-state index contributed by atoms with van der Waals surface area (Å²) in [6.07, 6.45) is -4.51. The normalized spacial score (nSPS) is 11.5. The number of nitrogens with zero attached hydrogens (tertiary/aromatic N) is 1. The van der Waals surface area contributed by atoms with Crippen molar-refractivity contribution in [3.8, 4) is 11.5 Å². The van der Waals surface area contributed by atoms with Gasteiger partial charge in [-0.05, 0) is 6.92 Å². The summed E-state index contributed by atoms with van der Waals surface area (Å²) in [6.45, 7) is 1.22. The van der Waals surface area contributed by atoms with E-state index in [1.54, 1.807) is 0 Å². The molecule has 0 aliphatic carbocycles. The summed E-state index contributed by atoms with van der Waals surface area (Å²) in [7, 11) is 0. The van der Waals surface area contributed by atoms with Crippen molar-refractivity contribution in [2.75, 3.05) is 0 Å². The maximum absolute atomic E-state index is 12.7. The number of pyridine rings is 1. The summed E-state index contributed by atoms with van der Waals surface area (Å²) >= 11 is 0. The number of aryl methyl sites for hydroxylation is 1. The predicted molar refractivity (Wildman–Crippen MR) is 37.3 cm³/mol. The van der Waals surface area contributed by atoms with Crippen LogP contribution in [0.1, 0.15) is 5.69 Å². The van der Waals surface area contributed by atoms with Gasteiger partial charge in [-0.2, -0.15) is 0 Å². The third-order valence-electron chi connectivity index (χ3n) is 1.36. The highest BCUT2D eigenvalue weighted by molar-refractivity contribution is 5.41. The van der Waals surface area contributed by atoms with Gasteiger partial charge in [0.05, 0.1) is 11.9 Å². The summed E-state index contributed by atoms with van der Waals surface area (Å²) in [5.41, 5.74) is -0.148. The first kappa shape index (κ1) is 10.6. The van der Waals surface area contributed by atoms with Crippen LogP contribution >= 0.6 is 0 Å². The molecule has 14 heavy (non-hydrogen) atoms. The van der Waals surface area contributed by atoms with E-state index in [0.717, 1.165) is 0 Å². The third kappa shape index (κ3) is 2.24. The maximum atomic E-state index is 12.7. The molecule has 0 saturated carbocycles. The lowest BCUT2D eigenvalue weighted by atomic mass is 10.3. The molecule has 78 valence electrons. The van der Waals surface area contributed by atoms with Crippen LogP contribution in [0.3, 0.4) is 0 Å². The van der Waals surface area contributed by atoms with Gasteiger partial charge in [0, 0.05) is 0 Å². The summed E-state index contributed by atoms with van der Waals surface area (Å²) in [5.74, 6) is -3.59. The number of ether oxygens (including phenoxy) is 1. The summed E-state index contributed by atoms with van der Waals surface area (Å²) in [5, 5.41) is 9.01. The first-order valence-corrected chi connectivity index (χ1v) is 3.41. The van der Waals surface area contributed by atoms with Gasteiger partial charge in [0.15, 0.2) is 11.6 Å². The molecule has 0 atom stereocenters. The van der Waals surface area contributed by atoms with Gasteiger partial charge in [-0.3, -0.25) is 4.98 Å². The zero-order valence-electron chi connectivity index (χ0n) is 6.89. The number of aromatic hydroxyl groups is 1. The van der Waals surface area contributed by atoms with Crippen LogP contribution in [0.15, 0.2) is 6.20 Å². The Morgan fingerprint density at radius 2 is 2.00 bits per heavy atom. The van der Waals surface area contributed by atoms with Crippen LogP contribution in [-0.2, 0) is 0 Å². The number of alkyl halides is 3. The van der Waals surface area contributed by atoms with E-state index in [2.05, 4.69) is 9.72 Å². The minimum Gasteiger partial charge on any atom is -0.503 e. The average Bonchev–Trinajstić information content (AvgIpc) is 2.04. The van der Waals surface area contributed by atoms with Gasteiger partial charge in [0.2, 0.25) is 5.75 Å². The van der Waals surface area contributed by atoms with Gasteiger partial charge in [-0.25, -0.2) is 4.39 Å². The van der Waals surface area contributed by atoms with Gasteiger partial charge in [-0.1, -0.05) is 0 Å². The number of rotatable bonds is 1. The standard InChI is InChI=1S/C7H5F4NO2/c1-3-5(13)6(4(8)2-12-3)14-7(9,10)11/h2,13H,1H3. The highest BCUT2D eigenvalue weighted by Gasteiger charge is 2.34. The minimum absolute atomic E-state index is 0.148. The Bertz CT molecular complexity index is 350. The van der Waals surface area contributed by atoms with E-state index in [-0.39, 0.29) is 5.69 Å². The molecule has 0 spiro atoms. The zero-order chi connectivity index (χ0) is 10.9.